The van der Waals surface area contributed by atoms with Crippen LogP contribution in [0.15, 0.2) is 133 Å². The quantitative estimate of drug-likeness (QED) is 0.141. The molecule has 0 aromatic heterocycles. The Morgan fingerprint density at radius 1 is 0.694 bits per heavy atom. The van der Waals surface area contributed by atoms with E-state index in [1.165, 1.54) is 6.26 Å². The van der Waals surface area contributed by atoms with Crippen LogP contribution < -0.4 is 5.32 Å². The van der Waals surface area contributed by atoms with Crippen molar-refractivity contribution in [3.8, 4) is 0 Å². The third kappa shape index (κ3) is 11.1. The molecule has 0 bridgehead atoms. The van der Waals surface area contributed by atoms with Gasteiger partial charge in [-0.05, 0) is 43.0 Å². The molecule has 1 amide bonds. The number of ether oxygens (including phenoxy) is 5. The molecule has 5 rings (SSSR count). The highest BCUT2D eigenvalue weighted by molar-refractivity contribution is 5.97. The van der Waals surface area contributed by atoms with E-state index in [-0.39, 0.29) is 31.8 Å². The Morgan fingerprint density at radius 2 is 1.18 bits per heavy atom. The number of benzene rings is 4. The van der Waals surface area contributed by atoms with E-state index in [0.29, 0.717) is 6.61 Å². The van der Waals surface area contributed by atoms with Gasteiger partial charge < -0.3 is 29.0 Å². The number of nitrogens with one attached hydrogen (secondary N) is 1. The highest BCUT2D eigenvalue weighted by Gasteiger charge is 2.42. The first-order chi connectivity index (χ1) is 23.7. The van der Waals surface area contributed by atoms with Crippen molar-refractivity contribution in [3.05, 3.63) is 155 Å². The van der Waals surface area contributed by atoms with Crippen LogP contribution in [-0.2, 0) is 59.5 Å². The number of esters is 1. The normalized spacial score (nSPS) is 18.1. The summed E-state index contributed by atoms with van der Waals surface area (Å²) in [5, 5.41) is 2.93. The molecule has 1 aliphatic rings. The molecule has 8 nitrogen and oxygen atoms in total. The molecule has 4 aromatic carbocycles. The molecule has 0 saturated carbocycles. The van der Waals surface area contributed by atoms with Crippen LogP contribution in [-0.4, -0.2) is 48.4 Å². The van der Waals surface area contributed by atoms with Crippen LogP contribution in [0.3, 0.4) is 0 Å². The van der Waals surface area contributed by atoms with Crippen LogP contribution in [0.2, 0.25) is 0 Å². The van der Waals surface area contributed by atoms with Gasteiger partial charge in [-0.15, -0.1) is 0 Å². The molecule has 1 heterocycles. The summed E-state index contributed by atoms with van der Waals surface area (Å²) in [7, 11) is 0. The summed E-state index contributed by atoms with van der Waals surface area (Å²) >= 11 is 0. The summed E-state index contributed by atoms with van der Waals surface area (Å²) in [5.41, 5.74) is 3.26. The summed E-state index contributed by atoms with van der Waals surface area (Å²) < 4.78 is 31.1. The Kier molecular flexibility index (Phi) is 12.8. The number of hydrogen-bond acceptors (Lipinski definition) is 7. The predicted octanol–water partition coefficient (Wildman–Crippen LogP) is 6.73. The summed E-state index contributed by atoms with van der Waals surface area (Å²) in [6.45, 7) is 6.45. The maximum Gasteiger partial charge on any atom is 0.329 e. The molecule has 0 spiro atoms. The number of rotatable bonds is 15. The molecule has 1 aliphatic heterocycles. The van der Waals surface area contributed by atoms with E-state index in [4.69, 9.17) is 23.7 Å². The van der Waals surface area contributed by atoms with E-state index in [0.717, 1.165) is 22.3 Å². The first-order valence-electron chi connectivity index (χ1n) is 16.6. The largest absolute Gasteiger partial charge is 0.492 e. The minimum atomic E-state index is -0.958. The van der Waals surface area contributed by atoms with E-state index < -0.39 is 41.8 Å². The van der Waals surface area contributed by atoms with Gasteiger partial charge in [-0.25, -0.2) is 4.79 Å². The van der Waals surface area contributed by atoms with Crippen molar-refractivity contribution in [2.45, 2.75) is 77.0 Å². The van der Waals surface area contributed by atoms with Crippen LogP contribution in [0, 0.1) is 0 Å². The van der Waals surface area contributed by atoms with Gasteiger partial charge in [0.05, 0.1) is 38.3 Å². The zero-order valence-corrected chi connectivity index (χ0v) is 28.3. The maximum atomic E-state index is 14.2. The first kappa shape index (κ1) is 35.5. The lowest BCUT2D eigenvalue weighted by molar-refractivity contribution is -0.161. The summed E-state index contributed by atoms with van der Waals surface area (Å²) in [5.74, 6) is -1.05. The smallest absolute Gasteiger partial charge is 0.329 e. The molecule has 0 fully saturated rings. The van der Waals surface area contributed by atoms with Crippen LogP contribution in [0.4, 0.5) is 0 Å². The summed E-state index contributed by atoms with van der Waals surface area (Å²) in [4.78, 5) is 27.6. The molecule has 0 radical (unpaired) electrons. The van der Waals surface area contributed by atoms with Crippen molar-refractivity contribution in [3.63, 3.8) is 0 Å². The van der Waals surface area contributed by atoms with Gasteiger partial charge in [0.25, 0.3) is 5.91 Å². The third-order valence-corrected chi connectivity index (χ3v) is 7.83. The molecule has 8 heteroatoms. The molecular weight excluding hydrogens is 618 g/mol. The highest BCUT2D eigenvalue weighted by atomic mass is 16.6. The van der Waals surface area contributed by atoms with Gasteiger partial charge in [0, 0.05) is 6.42 Å². The molecular formula is C41H45NO7. The van der Waals surface area contributed by atoms with Crippen LogP contribution >= 0.6 is 0 Å². The van der Waals surface area contributed by atoms with Gasteiger partial charge in [0.2, 0.25) is 0 Å². The van der Waals surface area contributed by atoms with Gasteiger partial charge in [-0.3, -0.25) is 4.79 Å². The molecule has 256 valence electrons. The minimum Gasteiger partial charge on any atom is -0.492 e. The van der Waals surface area contributed by atoms with Gasteiger partial charge in [-0.2, -0.15) is 0 Å². The van der Waals surface area contributed by atoms with Gasteiger partial charge in [-0.1, -0.05) is 121 Å². The zero-order valence-electron chi connectivity index (χ0n) is 28.3. The van der Waals surface area contributed by atoms with E-state index >= 15 is 0 Å². The standard InChI is InChI=1S/C41H45NO7/c1-41(2,3)49-40(44)35(24-30-16-8-4-9-17-30)42-39(43)34-28-46-36(29-45-25-31-18-10-5-11-19-31)38(48-27-33-22-14-7-15-23-33)37(34)47-26-32-20-12-6-13-21-32/h4-23,28,35-38H,24-27,29H2,1-3H3,(H,42,43)/t35?,36-,37-,38-/m1/s1. The third-order valence-electron chi connectivity index (χ3n) is 7.83. The van der Waals surface area contributed by atoms with Crippen LogP contribution in [0.25, 0.3) is 0 Å². The first-order valence-corrected chi connectivity index (χ1v) is 16.6. The fourth-order valence-corrected chi connectivity index (χ4v) is 5.42. The Morgan fingerprint density at radius 3 is 1.71 bits per heavy atom. The Balaban J connectivity index is 1.42. The number of carbonyl (C=O) groups excluding carboxylic acids is 2. The van der Waals surface area contributed by atoms with Crippen molar-refractivity contribution in [1.82, 2.24) is 5.32 Å². The lowest BCUT2D eigenvalue weighted by Gasteiger charge is -2.37. The Labute approximate surface area is 289 Å². The van der Waals surface area contributed by atoms with Crippen molar-refractivity contribution in [2.24, 2.45) is 0 Å². The Hall–Kier alpha value is -4.76. The van der Waals surface area contributed by atoms with Gasteiger partial charge in [0.1, 0.15) is 30.0 Å². The Bertz CT molecular complexity index is 1620. The fourth-order valence-electron chi connectivity index (χ4n) is 5.42. The zero-order chi connectivity index (χ0) is 34.5. The fraction of sp³-hybridized carbons (Fsp3) is 0.317. The summed E-state index contributed by atoms with van der Waals surface area (Å²) in [6.07, 6.45) is -0.498. The molecule has 4 atom stereocenters. The topological polar surface area (TPSA) is 92.3 Å². The minimum absolute atomic E-state index is 0.194. The SMILES string of the molecule is CC(C)(C)OC(=O)C(Cc1ccccc1)NC(=O)C1=CO[C@H](COCc2ccccc2)[C@@H](OCc2ccccc2)[C@@H]1OCc1ccccc1. The van der Waals surface area contributed by atoms with Crippen LogP contribution in [0.5, 0.6) is 0 Å². The molecule has 1 N–H and O–H groups in total. The summed E-state index contributed by atoms with van der Waals surface area (Å²) in [6, 6.07) is 37.9. The molecule has 1 unspecified atom stereocenters. The maximum absolute atomic E-state index is 14.2. The molecule has 4 aromatic rings. The van der Waals surface area contributed by atoms with Crippen molar-refractivity contribution >= 4 is 11.9 Å². The number of carbonyl (C=O) groups is 2. The second-order valence-corrected chi connectivity index (χ2v) is 13.0. The lowest BCUT2D eigenvalue weighted by atomic mass is 9.96. The van der Waals surface area contributed by atoms with E-state index in [2.05, 4.69) is 5.32 Å². The number of amides is 1. The number of hydrogen-bond donors (Lipinski definition) is 1. The van der Waals surface area contributed by atoms with Crippen molar-refractivity contribution < 1.29 is 33.3 Å². The average Bonchev–Trinajstić information content (AvgIpc) is 3.11. The van der Waals surface area contributed by atoms with Gasteiger partial charge >= 0.3 is 5.97 Å². The molecule has 49 heavy (non-hydrogen) atoms. The van der Waals surface area contributed by atoms with Crippen LogP contribution in [0.1, 0.15) is 43.0 Å². The van der Waals surface area contributed by atoms with E-state index in [9.17, 15) is 9.59 Å². The predicted molar refractivity (Wildman–Crippen MR) is 187 cm³/mol. The second kappa shape index (κ2) is 17.6. The average molecular weight is 664 g/mol. The molecule has 0 saturated heterocycles. The van der Waals surface area contributed by atoms with Crippen molar-refractivity contribution in [1.29, 1.82) is 0 Å². The highest BCUT2D eigenvalue weighted by Crippen LogP contribution is 2.28. The van der Waals surface area contributed by atoms with Gasteiger partial charge in [0.15, 0.2) is 0 Å². The van der Waals surface area contributed by atoms with E-state index in [1.807, 2.05) is 121 Å². The lowest BCUT2D eigenvalue weighted by Crippen LogP contribution is -2.53. The second-order valence-electron chi connectivity index (χ2n) is 13.0. The monoisotopic (exact) mass is 663 g/mol. The molecule has 0 aliphatic carbocycles. The van der Waals surface area contributed by atoms with E-state index in [1.54, 1.807) is 20.8 Å². The van der Waals surface area contributed by atoms with Crippen molar-refractivity contribution in [2.75, 3.05) is 6.61 Å².